The van der Waals surface area contributed by atoms with E-state index in [4.69, 9.17) is 28.9 Å². The molecule has 0 aliphatic carbocycles. The highest BCUT2D eigenvalue weighted by Crippen LogP contribution is 2.23. The molecule has 14 heavy (non-hydrogen) atoms. The molecule has 1 aromatic rings. The molecule has 0 spiro atoms. The maximum atomic E-state index is 5.86. The largest absolute Gasteiger partial charge is 0.372 e. The van der Waals surface area contributed by atoms with Crippen molar-refractivity contribution in [3.63, 3.8) is 0 Å². The third-order valence-corrected chi connectivity index (χ3v) is 2.26. The summed E-state index contributed by atoms with van der Waals surface area (Å²) in [5, 5.41) is 8.05. The van der Waals surface area contributed by atoms with E-state index >= 15 is 0 Å². The van der Waals surface area contributed by atoms with Gasteiger partial charge in [0.1, 0.15) is 0 Å². The number of halogens is 2. The van der Waals surface area contributed by atoms with Crippen LogP contribution in [-0.4, -0.2) is 30.3 Å². The van der Waals surface area contributed by atoms with Crippen molar-refractivity contribution in [1.29, 1.82) is 0 Å². The van der Waals surface area contributed by atoms with Crippen LogP contribution in [0.1, 0.15) is 6.42 Å². The van der Waals surface area contributed by atoms with Gasteiger partial charge >= 0.3 is 0 Å². The third-order valence-electron chi connectivity index (χ3n) is 1.81. The van der Waals surface area contributed by atoms with Crippen molar-refractivity contribution >= 4 is 28.9 Å². The van der Waals surface area contributed by atoms with E-state index in [1.165, 1.54) is 0 Å². The first-order valence-corrected chi connectivity index (χ1v) is 5.00. The van der Waals surface area contributed by atoms with Crippen LogP contribution in [0.2, 0.25) is 10.3 Å². The molecule has 0 unspecified atom stereocenters. The predicted octanol–water partition coefficient (Wildman–Crippen LogP) is 1.57. The molecule has 0 saturated carbocycles. The molecule has 4 nitrogen and oxygen atoms in total. The first kappa shape index (κ1) is 11.5. The van der Waals surface area contributed by atoms with E-state index in [9.17, 15) is 0 Å². The highest BCUT2D eigenvalue weighted by molar-refractivity contribution is 6.33. The molecule has 1 rings (SSSR count). The second kappa shape index (κ2) is 5.34. The van der Waals surface area contributed by atoms with Crippen LogP contribution in [0, 0.1) is 0 Å². The molecule has 0 fully saturated rings. The van der Waals surface area contributed by atoms with Gasteiger partial charge in [-0.15, -0.1) is 10.2 Å². The zero-order valence-corrected chi connectivity index (χ0v) is 9.39. The van der Waals surface area contributed by atoms with Gasteiger partial charge in [-0.25, -0.2) is 0 Å². The standard InChI is InChI=1S/C8H12Cl2N4/c1-14(4-2-3-11)6-5-7(9)12-13-8(6)10/h5H,2-4,11H2,1H3. The Morgan fingerprint density at radius 2 is 2.14 bits per heavy atom. The van der Waals surface area contributed by atoms with E-state index in [2.05, 4.69) is 10.2 Å². The molecule has 78 valence electrons. The average molecular weight is 235 g/mol. The van der Waals surface area contributed by atoms with Gasteiger partial charge in [0.05, 0.1) is 5.69 Å². The van der Waals surface area contributed by atoms with Crippen LogP contribution in [0.15, 0.2) is 6.07 Å². The SMILES string of the molecule is CN(CCCN)c1cc(Cl)nnc1Cl. The third kappa shape index (κ3) is 2.97. The summed E-state index contributed by atoms with van der Waals surface area (Å²) in [4.78, 5) is 1.95. The van der Waals surface area contributed by atoms with Crippen LogP contribution in [0.3, 0.4) is 0 Å². The maximum absolute atomic E-state index is 5.86. The summed E-state index contributed by atoms with van der Waals surface area (Å²) in [7, 11) is 1.91. The molecule has 0 saturated heterocycles. The van der Waals surface area contributed by atoms with Crippen molar-refractivity contribution < 1.29 is 0 Å². The molecule has 0 radical (unpaired) electrons. The highest BCUT2D eigenvalue weighted by atomic mass is 35.5. The number of anilines is 1. The van der Waals surface area contributed by atoms with Gasteiger partial charge in [-0.05, 0) is 13.0 Å². The Bertz CT molecular complexity index is 305. The number of rotatable bonds is 4. The average Bonchev–Trinajstić information content (AvgIpc) is 2.18. The van der Waals surface area contributed by atoms with Crippen molar-refractivity contribution in [2.24, 2.45) is 5.73 Å². The minimum Gasteiger partial charge on any atom is -0.372 e. The van der Waals surface area contributed by atoms with Crippen LogP contribution < -0.4 is 10.6 Å². The molecular weight excluding hydrogens is 223 g/mol. The Balaban J connectivity index is 2.77. The van der Waals surface area contributed by atoms with Crippen LogP contribution in [-0.2, 0) is 0 Å². The Morgan fingerprint density at radius 1 is 1.43 bits per heavy atom. The van der Waals surface area contributed by atoms with Crippen LogP contribution in [0.4, 0.5) is 5.69 Å². The smallest absolute Gasteiger partial charge is 0.175 e. The maximum Gasteiger partial charge on any atom is 0.175 e. The lowest BCUT2D eigenvalue weighted by atomic mass is 10.3. The topological polar surface area (TPSA) is 55.0 Å². The fraction of sp³-hybridized carbons (Fsp3) is 0.500. The van der Waals surface area contributed by atoms with Crippen LogP contribution in [0.25, 0.3) is 0 Å². The van der Waals surface area contributed by atoms with Crippen molar-refractivity contribution in [1.82, 2.24) is 10.2 Å². The zero-order chi connectivity index (χ0) is 10.6. The molecular formula is C8H12Cl2N4. The molecule has 0 aromatic carbocycles. The summed E-state index contributed by atoms with van der Waals surface area (Å²) >= 11 is 11.6. The van der Waals surface area contributed by atoms with Gasteiger partial charge in [-0.2, -0.15) is 0 Å². The summed E-state index contributed by atoms with van der Waals surface area (Å²) in [6, 6.07) is 1.69. The van der Waals surface area contributed by atoms with Gasteiger partial charge in [-0.3, -0.25) is 0 Å². The molecule has 0 amide bonds. The summed E-state index contributed by atoms with van der Waals surface area (Å²) in [6.07, 6.45) is 0.896. The van der Waals surface area contributed by atoms with E-state index in [0.717, 1.165) is 18.7 Å². The Kier molecular flexibility index (Phi) is 4.38. The first-order chi connectivity index (χ1) is 6.65. The highest BCUT2D eigenvalue weighted by Gasteiger charge is 2.08. The summed E-state index contributed by atoms with van der Waals surface area (Å²) in [5.74, 6) is 0. The van der Waals surface area contributed by atoms with Gasteiger partial charge in [0.25, 0.3) is 0 Å². The summed E-state index contributed by atoms with van der Waals surface area (Å²) in [5.41, 5.74) is 6.19. The molecule has 0 atom stereocenters. The molecule has 6 heteroatoms. The van der Waals surface area contributed by atoms with Gasteiger partial charge in [-0.1, -0.05) is 23.2 Å². The lowest BCUT2D eigenvalue weighted by Gasteiger charge is -2.19. The minimum atomic E-state index is 0.337. The van der Waals surface area contributed by atoms with E-state index in [0.29, 0.717) is 16.9 Å². The van der Waals surface area contributed by atoms with E-state index in [-0.39, 0.29) is 0 Å². The quantitative estimate of drug-likeness (QED) is 0.860. The Hall–Kier alpha value is -0.580. The molecule has 0 aliphatic heterocycles. The van der Waals surface area contributed by atoms with Crippen molar-refractivity contribution in [3.8, 4) is 0 Å². The number of aromatic nitrogens is 2. The molecule has 2 N–H and O–H groups in total. The summed E-state index contributed by atoms with van der Waals surface area (Å²) in [6.45, 7) is 1.46. The van der Waals surface area contributed by atoms with Gasteiger partial charge < -0.3 is 10.6 Å². The molecule has 0 bridgehead atoms. The molecule has 1 heterocycles. The normalized spacial score (nSPS) is 10.3. The Morgan fingerprint density at radius 3 is 2.79 bits per heavy atom. The van der Waals surface area contributed by atoms with Gasteiger partial charge in [0.15, 0.2) is 10.3 Å². The fourth-order valence-corrected chi connectivity index (χ4v) is 1.44. The number of hydrogen-bond acceptors (Lipinski definition) is 4. The Labute approximate surface area is 93.0 Å². The first-order valence-electron chi connectivity index (χ1n) is 4.25. The van der Waals surface area contributed by atoms with Gasteiger partial charge in [0.2, 0.25) is 0 Å². The monoisotopic (exact) mass is 234 g/mol. The van der Waals surface area contributed by atoms with Crippen molar-refractivity contribution in [2.75, 3.05) is 25.0 Å². The predicted molar refractivity (Wildman–Crippen MR) is 59.0 cm³/mol. The number of hydrogen-bond donors (Lipinski definition) is 1. The lowest BCUT2D eigenvalue weighted by molar-refractivity contribution is 0.792. The van der Waals surface area contributed by atoms with Gasteiger partial charge in [0, 0.05) is 19.7 Å². The molecule has 1 aromatic heterocycles. The second-order valence-electron chi connectivity index (χ2n) is 2.91. The number of nitrogens with zero attached hydrogens (tertiary/aromatic N) is 3. The minimum absolute atomic E-state index is 0.337. The summed E-state index contributed by atoms with van der Waals surface area (Å²) < 4.78 is 0. The molecule has 0 aliphatic rings. The van der Waals surface area contributed by atoms with E-state index in [1.807, 2.05) is 11.9 Å². The number of nitrogens with two attached hydrogens (primary N) is 1. The lowest BCUT2D eigenvalue weighted by Crippen LogP contribution is -2.21. The fourth-order valence-electron chi connectivity index (χ4n) is 1.06. The zero-order valence-electron chi connectivity index (χ0n) is 7.87. The van der Waals surface area contributed by atoms with Crippen LogP contribution in [0.5, 0.6) is 0 Å². The van der Waals surface area contributed by atoms with Crippen LogP contribution >= 0.6 is 23.2 Å². The second-order valence-corrected chi connectivity index (χ2v) is 3.65. The van der Waals surface area contributed by atoms with Crippen molar-refractivity contribution in [2.45, 2.75) is 6.42 Å². The van der Waals surface area contributed by atoms with Crippen molar-refractivity contribution in [3.05, 3.63) is 16.4 Å². The van der Waals surface area contributed by atoms with E-state index < -0.39 is 0 Å². The van der Waals surface area contributed by atoms with E-state index in [1.54, 1.807) is 6.07 Å².